The monoisotopic (exact) mass is 385 g/mol. The van der Waals surface area contributed by atoms with Gasteiger partial charge in [-0.15, -0.1) is 0 Å². The molecule has 1 heterocycles. The van der Waals surface area contributed by atoms with Crippen LogP contribution in [-0.4, -0.2) is 42.3 Å². The first kappa shape index (κ1) is 19.2. The predicted octanol–water partition coefficient (Wildman–Crippen LogP) is 4.42. The highest BCUT2D eigenvalue weighted by molar-refractivity contribution is 5.79. The second kappa shape index (κ2) is 9.89. The highest BCUT2D eigenvalue weighted by Crippen LogP contribution is 2.14. The van der Waals surface area contributed by atoms with Crippen LogP contribution in [0.4, 0.5) is 0 Å². The molecular weight excluding hydrogens is 358 g/mol. The van der Waals surface area contributed by atoms with E-state index in [0.29, 0.717) is 6.61 Å². The van der Waals surface area contributed by atoms with E-state index in [2.05, 4.69) is 69.6 Å². The third-order valence-electron chi connectivity index (χ3n) is 5.10. The summed E-state index contributed by atoms with van der Waals surface area (Å²) in [4.78, 5) is 2.49. The zero-order chi connectivity index (χ0) is 19.7. The van der Waals surface area contributed by atoms with E-state index >= 15 is 0 Å². The van der Waals surface area contributed by atoms with Gasteiger partial charge in [-0.1, -0.05) is 60.7 Å². The first-order valence-electron chi connectivity index (χ1n) is 10.2. The number of rotatable bonds is 7. The molecule has 3 aromatic rings. The van der Waals surface area contributed by atoms with E-state index in [9.17, 15) is 0 Å². The summed E-state index contributed by atoms with van der Waals surface area (Å²) in [6.07, 6.45) is 1.94. The van der Waals surface area contributed by atoms with Crippen molar-refractivity contribution in [2.45, 2.75) is 13.2 Å². The molecule has 1 fully saturated rings. The van der Waals surface area contributed by atoms with Crippen LogP contribution in [-0.2, 0) is 13.2 Å². The third-order valence-corrected chi connectivity index (χ3v) is 5.10. The highest BCUT2D eigenvalue weighted by atomic mass is 16.5. The Morgan fingerprint density at radius 2 is 1.34 bits per heavy atom. The van der Waals surface area contributed by atoms with Gasteiger partial charge in [0, 0.05) is 32.7 Å². The number of nitrogens with zero attached hydrogens (tertiary/aromatic N) is 3. The molecule has 4 nitrogen and oxygen atoms in total. The number of hydrazone groups is 1. The molecule has 1 saturated heterocycles. The molecule has 0 aromatic heterocycles. The van der Waals surface area contributed by atoms with Crippen molar-refractivity contribution in [1.82, 2.24) is 9.91 Å². The second-order valence-corrected chi connectivity index (χ2v) is 7.30. The standard InChI is InChI=1S/C25H27N3O/c1-3-7-23(8-4-1)20-27-15-17-28(18-16-27)26-19-22-11-13-25(14-12-22)29-21-24-9-5-2-6-10-24/h1-14,19H,15-18,20-21H2/b26-19+. The summed E-state index contributed by atoms with van der Waals surface area (Å²) >= 11 is 0. The number of ether oxygens (including phenoxy) is 1. The van der Waals surface area contributed by atoms with Gasteiger partial charge in [-0.25, -0.2) is 0 Å². The Bertz CT molecular complexity index is 886. The predicted molar refractivity (Wildman–Crippen MR) is 118 cm³/mol. The molecule has 29 heavy (non-hydrogen) atoms. The molecule has 3 aromatic carbocycles. The number of piperazine rings is 1. The zero-order valence-electron chi connectivity index (χ0n) is 16.7. The first-order valence-corrected chi connectivity index (χ1v) is 10.2. The lowest BCUT2D eigenvalue weighted by atomic mass is 10.2. The molecule has 1 aliphatic heterocycles. The smallest absolute Gasteiger partial charge is 0.119 e. The first-order chi connectivity index (χ1) is 14.3. The minimum Gasteiger partial charge on any atom is -0.489 e. The molecule has 0 atom stereocenters. The van der Waals surface area contributed by atoms with Gasteiger partial charge in [-0.05, 0) is 41.0 Å². The maximum Gasteiger partial charge on any atom is 0.119 e. The maximum absolute atomic E-state index is 5.84. The van der Waals surface area contributed by atoms with Crippen molar-refractivity contribution in [2.75, 3.05) is 26.2 Å². The minimum atomic E-state index is 0.585. The maximum atomic E-state index is 5.84. The highest BCUT2D eigenvalue weighted by Gasteiger charge is 2.15. The molecule has 0 bridgehead atoms. The van der Waals surface area contributed by atoms with Crippen LogP contribution >= 0.6 is 0 Å². The number of hydrogen-bond donors (Lipinski definition) is 0. The van der Waals surface area contributed by atoms with Gasteiger partial charge in [-0.3, -0.25) is 9.91 Å². The van der Waals surface area contributed by atoms with Crippen molar-refractivity contribution < 1.29 is 4.74 Å². The van der Waals surface area contributed by atoms with Crippen molar-refractivity contribution in [2.24, 2.45) is 5.10 Å². The van der Waals surface area contributed by atoms with E-state index in [1.807, 2.05) is 36.5 Å². The van der Waals surface area contributed by atoms with Crippen molar-refractivity contribution in [1.29, 1.82) is 0 Å². The summed E-state index contributed by atoms with van der Waals surface area (Å²) in [5.41, 5.74) is 3.63. The quantitative estimate of drug-likeness (QED) is 0.564. The Balaban J connectivity index is 1.22. The van der Waals surface area contributed by atoms with Gasteiger partial charge in [-0.2, -0.15) is 5.10 Å². The summed E-state index contributed by atoms with van der Waals surface area (Å²) < 4.78 is 5.84. The fraction of sp³-hybridized carbons (Fsp3) is 0.240. The van der Waals surface area contributed by atoms with E-state index < -0.39 is 0 Å². The third kappa shape index (κ3) is 5.93. The summed E-state index contributed by atoms with van der Waals surface area (Å²) in [5.74, 6) is 0.875. The Labute approximate surface area is 173 Å². The van der Waals surface area contributed by atoms with Crippen molar-refractivity contribution in [3.63, 3.8) is 0 Å². The van der Waals surface area contributed by atoms with Gasteiger partial charge in [0.25, 0.3) is 0 Å². The van der Waals surface area contributed by atoms with Gasteiger partial charge in [0.15, 0.2) is 0 Å². The van der Waals surface area contributed by atoms with E-state index in [4.69, 9.17) is 4.74 Å². The Hall–Kier alpha value is -3.11. The fourth-order valence-corrected chi connectivity index (χ4v) is 3.39. The Kier molecular flexibility index (Phi) is 6.56. The Morgan fingerprint density at radius 1 is 0.724 bits per heavy atom. The second-order valence-electron chi connectivity index (χ2n) is 7.30. The lowest BCUT2D eigenvalue weighted by molar-refractivity contribution is 0.131. The van der Waals surface area contributed by atoms with Crippen LogP contribution in [0.5, 0.6) is 5.75 Å². The molecular formula is C25H27N3O. The molecule has 1 aliphatic rings. The van der Waals surface area contributed by atoms with E-state index in [-0.39, 0.29) is 0 Å². The summed E-state index contributed by atoms with van der Waals surface area (Å²) in [5, 5.41) is 6.81. The van der Waals surface area contributed by atoms with Crippen LogP contribution in [0.3, 0.4) is 0 Å². The largest absolute Gasteiger partial charge is 0.489 e. The number of hydrogen-bond acceptors (Lipinski definition) is 4. The van der Waals surface area contributed by atoms with E-state index in [1.54, 1.807) is 0 Å². The fourth-order valence-electron chi connectivity index (χ4n) is 3.39. The molecule has 0 radical (unpaired) electrons. The van der Waals surface area contributed by atoms with Gasteiger partial charge >= 0.3 is 0 Å². The molecule has 0 amide bonds. The van der Waals surface area contributed by atoms with Gasteiger partial charge < -0.3 is 4.74 Å². The van der Waals surface area contributed by atoms with Crippen molar-refractivity contribution in [3.8, 4) is 5.75 Å². The topological polar surface area (TPSA) is 28.1 Å². The lowest BCUT2D eigenvalue weighted by Gasteiger charge is -2.33. The van der Waals surface area contributed by atoms with Crippen LogP contribution in [0, 0.1) is 0 Å². The molecule has 0 aliphatic carbocycles. The number of benzene rings is 3. The van der Waals surface area contributed by atoms with Crippen LogP contribution < -0.4 is 4.74 Å². The van der Waals surface area contributed by atoms with Gasteiger partial charge in [0.2, 0.25) is 0 Å². The molecule has 0 saturated carbocycles. The van der Waals surface area contributed by atoms with Crippen molar-refractivity contribution in [3.05, 3.63) is 102 Å². The average molecular weight is 386 g/mol. The summed E-state index contributed by atoms with van der Waals surface area (Å²) in [7, 11) is 0. The van der Waals surface area contributed by atoms with E-state index in [1.165, 1.54) is 11.1 Å². The van der Waals surface area contributed by atoms with Crippen LogP contribution in [0.1, 0.15) is 16.7 Å². The molecule has 0 N–H and O–H groups in total. The summed E-state index contributed by atoms with van der Waals surface area (Å²) in [6, 6.07) is 29.0. The normalized spacial score (nSPS) is 15.0. The summed E-state index contributed by atoms with van der Waals surface area (Å²) in [6.45, 7) is 5.60. The molecule has 0 unspecified atom stereocenters. The van der Waals surface area contributed by atoms with Crippen LogP contribution in [0.25, 0.3) is 0 Å². The molecule has 0 spiro atoms. The van der Waals surface area contributed by atoms with Crippen LogP contribution in [0.2, 0.25) is 0 Å². The van der Waals surface area contributed by atoms with E-state index in [0.717, 1.165) is 44.0 Å². The molecule has 148 valence electrons. The van der Waals surface area contributed by atoms with Gasteiger partial charge in [0.1, 0.15) is 12.4 Å². The molecule has 4 rings (SSSR count). The minimum absolute atomic E-state index is 0.585. The lowest BCUT2D eigenvalue weighted by Crippen LogP contribution is -2.43. The van der Waals surface area contributed by atoms with Crippen LogP contribution in [0.15, 0.2) is 90.0 Å². The average Bonchev–Trinajstić information content (AvgIpc) is 2.79. The SMILES string of the molecule is C(=N\N1CCN(Cc2ccccc2)CC1)/c1ccc(OCc2ccccc2)cc1. The van der Waals surface area contributed by atoms with Crippen molar-refractivity contribution >= 4 is 6.21 Å². The Morgan fingerprint density at radius 3 is 2.00 bits per heavy atom. The molecule has 4 heteroatoms. The van der Waals surface area contributed by atoms with Gasteiger partial charge in [0.05, 0.1) is 6.21 Å². The zero-order valence-corrected chi connectivity index (χ0v) is 16.7.